The fourth-order valence-corrected chi connectivity index (χ4v) is 2.67. The van der Waals surface area contributed by atoms with Crippen LogP contribution in [0.3, 0.4) is 0 Å². The molecule has 1 aliphatic rings. The van der Waals surface area contributed by atoms with Gasteiger partial charge in [-0.1, -0.05) is 31.0 Å². The number of aromatic nitrogens is 1. The fourth-order valence-electron chi connectivity index (χ4n) is 2.67. The molecule has 0 unspecified atom stereocenters. The minimum absolute atomic E-state index is 0.811. The Kier molecular flexibility index (Phi) is 1.83. The number of nitrogens with one attached hydrogen (secondary N) is 1. The molecule has 14 heavy (non-hydrogen) atoms. The Morgan fingerprint density at radius 3 is 2.71 bits per heavy atom. The molecule has 0 bridgehead atoms. The predicted octanol–water partition coefficient (Wildman–Crippen LogP) is 3.83. The van der Waals surface area contributed by atoms with E-state index in [1.54, 1.807) is 0 Å². The predicted molar refractivity (Wildman–Crippen MR) is 59.5 cm³/mol. The summed E-state index contributed by atoms with van der Waals surface area (Å²) in [5, 5.41) is 1.43. The van der Waals surface area contributed by atoms with Gasteiger partial charge in [-0.3, -0.25) is 0 Å². The molecule has 1 fully saturated rings. The van der Waals surface area contributed by atoms with Crippen molar-refractivity contribution in [3.8, 4) is 0 Å². The molecular formula is C13H15N. The van der Waals surface area contributed by atoms with Gasteiger partial charge in [0, 0.05) is 17.1 Å². The van der Waals surface area contributed by atoms with Crippen molar-refractivity contribution in [3.63, 3.8) is 0 Å². The van der Waals surface area contributed by atoms with Crippen molar-refractivity contribution in [3.05, 3.63) is 36.0 Å². The van der Waals surface area contributed by atoms with Gasteiger partial charge in [-0.15, -0.1) is 0 Å². The molecule has 0 radical (unpaired) electrons. The zero-order chi connectivity index (χ0) is 9.38. The van der Waals surface area contributed by atoms with Crippen molar-refractivity contribution >= 4 is 10.9 Å². The van der Waals surface area contributed by atoms with Gasteiger partial charge in [0.2, 0.25) is 0 Å². The standard InChI is InChI=1S/C13H15N/c1-2-6-10(5-1)12-9-14-13-8-4-3-7-11(12)13/h3-4,7-10,14H,1-2,5-6H2. The van der Waals surface area contributed by atoms with Gasteiger partial charge in [-0.2, -0.15) is 0 Å². The Hall–Kier alpha value is -1.24. The fraction of sp³-hybridized carbons (Fsp3) is 0.385. The van der Waals surface area contributed by atoms with Crippen LogP contribution >= 0.6 is 0 Å². The van der Waals surface area contributed by atoms with Crippen LogP contribution in [0.1, 0.15) is 37.2 Å². The molecule has 72 valence electrons. The number of hydrogen-bond donors (Lipinski definition) is 1. The molecule has 0 aliphatic heterocycles. The molecule has 1 aliphatic carbocycles. The minimum atomic E-state index is 0.811. The van der Waals surface area contributed by atoms with E-state index in [0.717, 1.165) is 5.92 Å². The van der Waals surface area contributed by atoms with E-state index >= 15 is 0 Å². The average Bonchev–Trinajstić information content (AvgIpc) is 2.85. The first-order chi connectivity index (χ1) is 6.95. The van der Waals surface area contributed by atoms with E-state index in [-0.39, 0.29) is 0 Å². The Morgan fingerprint density at radius 2 is 1.86 bits per heavy atom. The molecule has 0 spiro atoms. The summed E-state index contributed by atoms with van der Waals surface area (Å²) in [6, 6.07) is 8.62. The van der Waals surface area contributed by atoms with Gasteiger partial charge in [0.05, 0.1) is 0 Å². The van der Waals surface area contributed by atoms with Crippen LogP contribution < -0.4 is 0 Å². The molecule has 1 saturated carbocycles. The Labute approximate surface area is 84.1 Å². The highest BCUT2D eigenvalue weighted by atomic mass is 14.7. The number of benzene rings is 1. The molecule has 1 aromatic heterocycles. The summed E-state index contributed by atoms with van der Waals surface area (Å²) in [7, 11) is 0. The molecule has 0 amide bonds. The molecule has 0 atom stereocenters. The highest BCUT2D eigenvalue weighted by molar-refractivity contribution is 5.83. The van der Waals surface area contributed by atoms with Gasteiger partial charge in [0.1, 0.15) is 0 Å². The first-order valence-corrected chi connectivity index (χ1v) is 5.51. The lowest BCUT2D eigenvalue weighted by atomic mass is 9.97. The second-order valence-corrected chi connectivity index (χ2v) is 4.27. The van der Waals surface area contributed by atoms with E-state index in [1.807, 2.05) is 0 Å². The van der Waals surface area contributed by atoms with Crippen molar-refractivity contribution in [2.24, 2.45) is 0 Å². The van der Waals surface area contributed by atoms with E-state index in [2.05, 4.69) is 35.4 Å². The molecule has 1 N–H and O–H groups in total. The summed E-state index contributed by atoms with van der Waals surface area (Å²) >= 11 is 0. The van der Waals surface area contributed by atoms with Crippen LogP contribution in [-0.2, 0) is 0 Å². The number of para-hydroxylation sites is 1. The summed E-state index contributed by atoms with van der Waals surface area (Å²) in [5.74, 6) is 0.811. The lowest BCUT2D eigenvalue weighted by Crippen LogP contribution is -1.89. The van der Waals surface area contributed by atoms with Gasteiger partial charge in [-0.25, -0.2) is 0 Å². The normalized spacial score (nSPS) is 18.0. The maximum atomic E-state index is 3.37. The van der Waals surface area contributed by atoms with Crippen molar-refractivity contribution in [1.82, 2.24) is 4.98 Å². The molecule has 2 aromatic rings. The zero-order valence-electron chi connectivity index (χ0n) is 8.29. The Bertz CT molecular complexity index is 435. The number of H-pyrrole nitrogens is 1. The Balaban J connectivity index is 2.11. The molecule has 1 nitrogen and oxygen atoms in total. The van der Waals surface area contributed by atoms with Gasteiger partial charge in [0.15, 0.2) is 0 Å². The van der Waals surface area contributed by atoms with Crippen LogP contribution in [0.4, 0.5) is 0 Å². The van der Waals surface area contributed by atoms with E-state index in [1.165, 1.54) is 42.1 Å². The Morgan fingerprint density at radius 1 is 1.07 bits per heavy atom. The van der Waals surface area contributed by atoms with Crippen molar-refractivity contribution in [2.75, 3.05) is 0 Å². The lowest BCUT2D eigenvalue weighted by Gasteiger charge is -2.06. The van der Waals surface area contributed by atoms with E-state index in [4.69, 9.17) is 0 Å². The summed E-state index contributed by atoms with van der Waals surface area (Å²) < 4.78 is 0. The third kappa shape index (κ3) is 1.16. The largest absolute Gasteiger partial charge is 0.361 e. The number of fused-ring (bicyclic) bond motifs is 1. The van der Waals surface area contributed by atoms with Crippen LogP contribution in [0.5, 0.6) is 0 Å². The van der Waals surface area contributed by atoms with Gasteiger partial charge in [0.25, 0.3) is 0 Å². The number of hydrogen-bond acceptors (Lipinski definition) is 0. The van der Waals surface area contributed by atoms with Gasteiger partial charge >= 0.3 is 0 Å². The van der Waals surface area contributed by atoms with Crippen LogP contribution in [-0.4, -0.2) is 4.98 Å². The van der Waals surface area contributed by atoms with E-state index in [0.29, 0.717) is 0 Å². The molecular weight excluding hydrogens is 170 g/mol. The summed E-state index contributed by atoms with van der Waals surface area (Å²) in [6.45, 7) is 0. The van der Waals surface area contributed by atoms with Crippen molar-refractivity contribution < 1.29 is 0 Å². The molecule has 0 saturated heterocycles. The van der Waals surface area contributed by atoms with Gasteiger partial charge < -0.3 is 4.98 Å². The summed E-state index contributed by atoms with van der Waals surface area (Å²) in [5.41, 5.74) is 2.83. The number of aromatic amines is 1. The van der Waals surface area contributed by atoms with Crippen molar-refractivity contribution in [2.45, 2.75) is 31.6 Å². The first-order valence-electron chi connectivity index (χ1n) is 5.51. The average molecular weight is 185 g/mol. The zero-order valence-corrected chi connectivity index (χ0v) is 8.29. The summed E-state index contributed by atoms with van der Waals surface area (Å²) in [6.07, 6.45) is 7.78. The highest BCUT2D eigenvalue weighted by Crippen LogP contribution is 2.37. The van der Waals surface area contributed by atoms with Crippen LogP contribution in [0.2, 0.25) is 0 Å². The second kappa shape index (κ2) is 3.16. The van der Waals surface area contributed by atoms with E-state index < -0.39 is 0 Å². The van der Waals surface area contributed by atoms with Crippen LogP contribution in [0, 0.1) is 0 Å². The number of rotatable bonds is 1. The molecule has 3 rings (SSSR count). The molecule has 1 heterocycles. The SMILES string of the molecule is c1ccc2c(C3CCCC3)c[nH]c2c1. The first kappa shape index (κ1) is 8.10. The third-order valence-corrected chi connectivity index (χ3v) is 3.42. The van der Waals surface area contributed by atoms with E-state index in [9.17, 15) is 0 Å². The van der Waals surface area contributed by atoms with Crippen LogP contribution in [0.25, 0.3) is 10.9 Å². The maximum Gasteiger partial charge on any atom is 0.0456 e. The van der Waals surface area contributed by atoms with Crippen molar-refractivity contribution in [1.29, 1.82) is 0 Å². The third-order valence-electron chi connectivity index (χ3n) is 3.42. The van der Waals surface area contributed by atoms with Crippen LogP contribution in [0.15, 0.2) is 30.5 Å². The lowest BCUT2D eigenvalue weighted by molar-refractivity contribution is 0.729. The second-order valence-electron chi connectivity index (χ2n) is 4.27. The van der Waals surface area contributed by atoms with Gasteiger partial charge in [-0.05, 0) is 30.4 Å². The quantitative estimate of drug-likeness (QED) is 0.695. The smallest absolute Gasteiger partial charge is 0.0456 e. The topological polar surface area (TPSA) is 15.8 Å². The minimum Gasteiger partial charge on any atom is -0.361 e. The molecule has 1 aromatic carbocycles. The monoisotopic (exact) mass is 185 g/mol. The summed E-state index contributed by atoms with van der Waals surface area (Å²) in [4.78, 5) is 3.37. The maximum absolute atomic E-state index is 3.37. The molecule has 1 heteroatoms. The highest BCUT2D eigenvalue weighted by Gasteiger charge is 2.19.